The first-order valence-electron chi connectivity index (χ1n) is 7.31. The second-order valence-corrected chi connectivity index (χ2v) is 5.52. The summed E-state index contributed by atoms with van der Waals surface area (Å²) >= 11 is 0. The Hall–Kier alpha value is -1.85. The number of fused-ring (bicyclic) bond motifs is 1. The van der Waals surface area contributed by atoms with Crippen molar-refractivity contribution < 1.29 is 9.59 Å². The van der Waals surface area contributed by atoms with Crippen molar-refractivity contribution in [3.63, 3.8) is 0 Å². The molecule has 6 heteroatoms. The molecule has 0 saturated carbocycles. The number of aromatic nitrogens is 2. The van der Waals surface area contributed by atoms with Gasteiger partial charge in [0, 0.05) is 25.9 Å². The molecule has 1 aromatic rings. The van der Waals surface area contributed by atoms with Crippen LogP contribution in [0.4, 0.5) is 5.82 Å². The summed E-state index contributed by atoms with van der Waals surface area (Å²) < 4.78 is 2.07. The maximum absolute atomic E-state index is 12.3. The molecule has 3 rings (SSSR count). The Bertz CT molecular complexity index is 537. The number of carbonyl (C=O) groups is 2. The number of carbonyl (C=O) groups excluding carboxylic acids is 2. The molecule has 3 heterocycles. The largest absolute Gasteiger partial charge is 0.331 e. The van der Waals surface area contributed by atoms with Crippen LogP contribution in [0.3, 0.4) is 0 Å². The number of rotatable bonds is 3. The number of aryl methyl sites for hydroxylation is 1. The van der Waals surface area contributed by atoms with E-state index in [1.54, 1.807) is 18.0 Å². The van der Waals surface area contributed by atoms with Gasteiger partial charge in [-0.05, 0) is 26.2 Å². The Balaban J connectivity index is 1.69. The summed E-state index contributed by atoms with van der Waals surface area (Å²) in [5.74, 6) is 1.73. The minimum absolute atomic E-state index is 0.0722. The fourth-order valence-corrected chi connectivity index (χ4v) is 2.97. The van der Waals surface area contributed by atoms with E-state index in [4.69, 9.17) is 0 Å². The van der Waals surface area contributed by atoms with Gasteiger partial charge in [-0.15, -0.1) is 0 Å². The molecular formula is C14H20N4O2. The predicted molar refractivity (Wildman–Crippen MR) is 74.2 cm³/mol. The molecule has 1 atom stereocenters. The first-order valence-corrected chi connectivity index (χ1v) is 7.31. The molecule has 0 spiro atoms. The summed E-state index contributed by atoms with van der Waals surface area (Å²) in [5, 5.41) is 2.91. The normalized spacial score (nSPS) is 19.9. The first kappa shape index (κ1) is 13.1. The van der Waals surface area contributed by atoms with E-state index >= 15 is 0 Å². The van der Waals surface area contributed by atoms with Crippen LogP contribution in [0.15, 0.2) is 6.20 Å². The zero-order valence-electron chi connectivity index (χ0n) is 11.8. The quantitative estimate of drug-likeness (QED) is 0.901. The van der Waals surface area contributed by atoms with Crippen LogP contribution in [0.1, 0.15) is 38.4 Å². The van der Waals surface area contributed by atoms with Gasteiger partial charge in [0.15, 0.2) is 0 Å². The minimum Gasteiger partial charge on any atom is -0.331 e. The van der Waals surface area contributed by atoms with Gasteiger partial charge in [0.1, 0.15) is 17.7 Å². The maximum Gasteiger partial charge on any atom is 0.248 e. The van der Waals surface area contributed by atoms with Crippen molar-refractivity contribution in [2.75, 3.05) is 11.9 Å². The highest BCUT2D eigenvalue weighted by Crippen LogP contribution is 2.20. The van der Waals surface area contributed by atoms with Crippen molar-refractivity contribution in [1.82, 2.24) is 14.5 Å². The molecule has 0 bridgehead atoms. The zero-order valence-corrected chi connectivity index (χ0v) is 11.8. The number of imidazole rings is 1. The summed E-state index contributed by atoms with van der Waals surface area (Å²) in [5.41, 5.74) is 0. The highest BCUT2D eigenvalue weighted by Gasteiger charge is 2.30. The van der Waals surface area contributed by atoms with Crippen molar-refractivity contribution in [2.24, 2.45) is 0 Å². The van der Waals surface area contributed by atoms with E-state index in [-0.39, 0.29) is 11.8 Å². The average Bonchev–Trinajstić information content (AvgIpc) is 3.05. The van der Waals surface area contributed by atoms with Crippen LogP contribution in [0, 0.1) is 0 Å². The van der Waals surface area contributed by atoms with Gasteiger partial charge < -0.3 is 14.8 Å². The zero-order chi connectivity index (χ0) is 14.1. The second-order valence-electron chi connectivity index (χ2n) is 5.52. The van der Waals surface area contributed by atoms with E-state index in [9.17, 15) is 9.59 Å². The van der Waals surface area contributed by atoms with Crippen LogP contribution in [0.5, 0.6) is 0 Å². The highest BCUT2D eigenvalue weighted by molar-refractivity contribution is 5.96. The highest BCUT2D eigenvalue weighted by atomic mass is 16.2. The van der Waals surface area contributed by atoms with Gasteiger partial charge in [0.25, 0.3) is 0 Å². The Kier molecular flexibility index (Phi) is 3.46. The van der Waals surface area contributed by atoms with Gasteiger partial charge in [-0.25, -0.2) is 4.98 Å². The van der Waals surface area contributed by atoms with E-state index in [0.717, 1.165) is 43.9 Å². The third-order valence-electron chi connectivity index (χ3n) is 4.18. The molecule has 1 N–H and O–H groups in total. The van der Waals surface area contributed by atoms with Crippen LogP contribution in [-0.2, 0) is 22.6 Å². The van der Waals surface area contributed by atoms with Gasteiger partial charge >= 0.3 is 0 Å². The van der Waals surface area contributed by atoms with Crippen molar-refractivity contribution in [1.29, 1.82) is 0 Å². The molecule has 108 valence electrons. The molecule has 2 aliphatic rings. The lowest BCUT2D eigenvalue weighted by molar-refractivity contribution is -0.134. The van der Waals surface area contributed by atoms with Gasteiger partial charge in [0.05, 0.1) is 6.20 Å². The summed E-state index contributed by atoms with van der Waals surface area (Å²) in [6, 6.07) is -0.417. The van der Waals surface area contributed by atoms with E-state index in [0.29, 0.717) is 13.0 Å². The molecular weight excluding hydrogens is 256 g/mol. The third kappa shape index (κ3) is 2.30. The topological polar surface area (TPSA) is 67.2 Å². The van der Waals surface area contributed by atoms with Gasteiger partial charge in [-0.3, -0.25) is 9.59 Å². The van der Waals surface area contributed by atoms with Crippen LogP contribution >= 0.6 is 0 Å². The van der Waals surface area contributed by atoms with Crippen molar-refractivity contribution >= 4 is 17.6 Å². The number of hydrogen-bond acceptors (Lipinski definition) is 3. The van der Waals surface area contributed by atoms with Crippen LogP contribution in [0.2, 0.25) is 0 Å². The number of nitrogens with zero attached hydrogens (tertiary/aromatic N) is 3. The number of nitrogens with one attached hydrogen (secondary N) is 1. The number of likely N-dealkylation sites (tertiary alicyclic amines) is 1. The third-order valence-corrected chi connectivity index (χ3v) is 4.18. The molecule has 2 aliphatic heterocycles. The summed E-state index contributed by atoms with van der Waals surface area (Å²) in [6.45, 7) is 3.37. The smallest absolute Gasteiger partial charge is 0.248 e. The van der Waals surface area contributed by atoms with E-state index in [1.165, 1.54) is 0 Å². The van der Waals surface area contributed by atoms with Gasteiger partial charge in [-0.1, -0.05) is 0 Å². The monoisotopic (exact) mass is 276 g/mol. The Morgan fingerprint density at radius 1 is 1.30 bits per heavy atom. The molecule has 20 heavy (non-hydrogen) atoms. The summed E-state index contributed by atoms with van der Waals surface area (Å²) in [7, 11) is 0. The van der Waals surface area contributed by atoms with Crippen molar-refractivity contribution in [2.45, 2.75) is 51.6 Å². The summed E-state index contributed by atoms with van der Waals surface area (Å²) in [6.07, 6.45) is 6.36. The lowest BCUT2D eigenvalue weighted by Gasteiger charge is -2.24. The fraction of sp³-hybridized carbons (Fsp3) is 0.643. The molecule has 2 amide bonds. The molecule has 0 unspecified atom stereocenters. The Labute approximate surface area is 118 Å². The van der Waals surface area contributed by atoms with Gasteiger partial charge in [0.2, 0.25) is 11.8 Å². The van der Waals surface area contributed by atoms with E-state index in [1.807, 2.05) is 0 Å². The minimum atomic E-state index is -0.417. The standard InChI is InChI=1S/C14H20N4O2/c1-10(17-8-4-6-13(17)19)14(20)16-12-9-15-11-5-2-3-7-18(11)12/h9-10H,2-8H2,1H3,(H,16,20)/t10-/m1/s1. The van der Waals surface area contributed by atoms with Crippen molar-refractivity contribution in [3.05, 3.63) is 12.0 Å². The van der Waals surface area contributed by atoms with Crippen molar-refractivity contribution in [3.8, 4) is 0 Å². The summed E-state index contributed by atoms with van der Waals surface area (Å²) in [4.78, 5) is 30.0. The van der Waals surface area contributed by atoms with E-state index in [2.05, 4.69) is 14.9 Å². The fourth-order valence-electron chi connectivity index (χ4n) is 2.97. The molecule has 6 nitrogen and oxygen atoms in total. The predicted octanol–water partition coefficient (Wildman–Crippen LogP) is 1.17. The molecule has 0 aromatic carbocycles. The Morgan fingerprint density at radius 3 is 2.90 bits per heavy atom. The van der Waals surface area contributed by atoms with E-state index < -0.39 is 6.04 Å². The van der Waals surface area contributed by atoms with Crippen LogP contribution in [-0.4, -0.2) is 38.9 Å². The number of anilines is 1. The SMILES string of the molecule is C[C@H](C(=O)Nc1cnc2n1CCCC2)N1CCCC1=O. The van der Waals surface area contributed by atoms with Crippen LogP contribution < -0.4 is 5.32 Å². The molecule has 0 aliphatic carbocycles. The number of hydrogen-bond donors (Lipinski definition) is 1. The molecule has 1 aromatic heterocycles. The molecule has 1 saturated heterocycles. The van der Waals surface area contributed by atoms with Crippen LogP contribution in [0.25, 0.3) is 0 Å². The molecule has 1 fully saturated rings. The second kappa shape index (κ2) is 5.26. The lowest BCUT2D eigenvalue weighted by atomic mass is 10.2. The average molecular weight is 276 g/mol. The molecule has 0 radical (unpaired) electrons. The maximum atomic E-state index is 12.3. The lowest BCUT2D eigenvalue weighted by Crippen LogP contribution is -2.42. The first-order chi connectivity index (χ1) is 9.66. The Morgan fingerprint density at radius 2 is 2.15 bits per heavy atom. The number of amides is 2. The van der Waals surface area contributed by atoms with Gasteiger partial charge in [-0.2, -0.15) is 0 Å².